The van der Waals surface area contributed by atoms with Crippen LogP contribution in [0.1, 0.15) is 58.1 Å². The zero-order chi connectivity index (χ0) is 22.1. The number of ether oxygens (including phenoxy) is 2. The van der Waals surface area contributed by atoms with E-state index >= 15 is 0 Å². The normalized spacial score (nSPS) is 20.9. The number of hydrogen-bond donors (Lipinski definition) is 2. The van der Waals surface area contributed by atoms with E-state index in [1.165, 1.54) is 12.8 Å². The predicted octanol–water partition coefficient (Wildman–Crippen LogP) is 1.82. The number of quaternary nitrogens is 1. The Balaban J connectivity index is 1.99. The van der Waals surface area contributed by atoms with E-state index in [9.17, 15) is 9.59 Å². The van der Waals surface area contributed by atoms with Gasteiger partial charge in [-0.3, -0.25) is 14.1 Å². The third kappa shape index (κ3) is 6.75. The van der Waals surface area contributed by atoms with Crippen molar-refractivity contribution in [3.05, 3.63) is 11.8 Å². The fourth-order valence-corrected chi connectivity index (χ4v) is 3.93. The number of nitrogens with two attached hydrogens (primary N) is 2. The maximum atomic E-state index is 12.2. The number of aromatic nitrogens is 2. The van der Waals surface area contributed by atoms with Crippen molar-refractivity contribution in [2.75, 3.05) is 26.7 Å². The molecular formula is C20H34N5O4S+. The van der Waals surface area contributed by atoms with E-state index in [-0.39, 0.29) is 6.42 Å². The molecule has 0 saturated heterocycles. The molecule has 1 aromatic rings. The number of carbonyl (C=O) groups excluding carboxylic acids is 2. The lowest BCUT2D eigenvalue weighted by molar-refractivity contribution is -0.944. The Hall–Kier alpha value is -2.04. The largest absolute Gasteiger partial charge is 0.475 e. The highest BCUT2D eigenvalue weighted by Gasteiger charge is 2.37. The number of nitrogens with zero attached hydrogens (tertiary/aromatic N) is 3. The first kappa shape index (κ1) is 24.2. The fourth-order valence-electron chi connectivity index (χ4n) is 3.40. The van der Waals surface area contributed by atoms with Gasteiger partial charge in [-0.15, -0.1) is 4.37 Å². The summed E-state index contributed by atoms with van der Waals surface area (Å²) < 4.78 is 20.7. The number of esters is 1. The maximum absolute atomic E-state index is 12.2. The maximum Gasteiger partial charge on any atom is 0.327 e. The van der Waals surface area contributed by atoms with Crippen molar-refractivity contribution in [1.82, 2.24) is 8.75 Å². The molecule has 2 heterocycles. The minimum absolute atomic E-state index is 0.232. The molecule has 3 atom stereocenters. The van der Waals surface area contributed by atoms with Crippen molar-refractivity contribution in [3.63, 3.8) is 0 Å². The number of unbranched alkanes of at least 4 members (excludes halogenated alkanes) is 3. The summed E-state index contributed by atoms with van der Waals surface area (Å²) in [6, 6.07) is -1.05. The van der Waals surface area contributed by atoms with Crippen LogP contribution in [0.2, 0.25) is 0 Å². The Kier molecular flexibility index (Phi) is 9.19. The summed E-state index contributed by atoms with van der Waals surface area (Å²) in [4.78, 5) is 23.2. The van der Waals surface area contributed by atoms with Crippen LogP contribution >= 0.6 is 11.7 Å². The lowest BCUT2D eigenvalue weighted by Crippen LogP contribution is -2.56. The molecule has 1 aromatic heterocycles. The summed E-state index contributed by atoms with van der Waals surface area (Å²) in [7, 11) is 2.02. The van der Waals surface area contributed by atoms with E-state index < -0.39 is 24.1 Å². The average molecular weight is 441 g/mol. The van der Waals surface area contributed by atoms with Gasteiger partial charge < -0.3 is 20.9 Å². The summed E-state index contributed by atoms with van der Waals surface area (Å²) in [6.07, 6.45) is 6.81. The Morgan fingerprint density at radius 2 is 2.07 bits per heavy atom. The minimum atomic E-state index is -1.05. The second-order valence-corrected chi connectivity index (χ2v) is 8.55. The van der Waals surface area contributed by atoms with Crippen molar-refractivity contribution in [2.24, 2.45) is 11.5 Å². The van der Waals surface area contributed by atoms with E-state index in [2.05, 4.69) is 21.7 Å². The molecule has 4 N–H and O–H groups in total. The molecule has 0 aromatic carbocycles. The van der Waals surface area contributed by atoms with E-state index in [0.717, 1.165) is 48.8 Å². The van der Waals surface area contributed by atoms with Gasteiger partial charge in [0, 0.05) is 18.9 Å². The molecule has 0 saturated carbocycles. The van der Waals surface area contributed by atoms with Crippen molar-refractivity contribution >= 4 is 29.2 Å². The second-order valence-electron chi connectivity index (χ2n) is 8.02. The van der Waals surface area contributed by atoms with Crippen LogP contribution < -0.4 is 16.2 Å². The molecule has 2 rings (SSSR count). The molecule has 0 fully saturated rings. The van der Waals surface area contributed by atoms with Crippen molar-refractivity contribution in [2.45, 2.75) is 64.6 Å². The summed E-state index contributed by atoms with van der Waals surface area (Å²) in [5.41, 5.74) is 12.6. The van der Waals surface area contributed by atoms with Crippen LogP contribution in [-0.2, 0) is 14.3 Å². The van der Waals surface area contributed by atoms with Gasteiger partial charge in [-0.1, -0.05) is 32.3 Å². The number of amides is 1. The monoisotopic (exact) mass is 440 g/mol. The van der Waals surface area contributed by atoms with Gasteiger partial charge in [0.2, 0.25) is 12.1 Å². The smallest absolute Gasteiger partial charge is 0.327 e. The molecule has 9 nitrogen and oxygen atoms in total. The third-order valence-corrected chi connectivity index (χ3v) is 5.96. The SMILES string of the molecule is CCCCCCOc1nsnc1C1=CCC[N+](C)([C@@H](C)OC(=O)[C@@H](N)CC(N)=O)C1. The zero-order valence-electron chi connectivity index (χ0n) is 18.1. The van der Waals surface area contributed by atoms with Gasteiger partial charge in [0.1, 0.15) is 18.3 Å². The first-order valence-corrected chi connectivity index (χ1v) is 11.2. The van der Waals surface area contributed by atoms with E-state index in [4.69, 9.17) is 20.9 Å². The summed E-state index contributed by atoms with van der Waals surface area (Å²) in [6.45, 7) is 6.06. The number of likely N-dealkylation sites (N-methyl/N-ethyl adjacent to an activating group) is 1. The quantitative estimate of drug-likeness (QED) is 0.288. The lowest BCUT2D eigenvalue weighted by Gasteiger charge is -2.41. The lowest BCUT2D eigenvalue weighted by atomic mass is 10.0. The Labute approximate surface area is 182 Å². The van der Waals surface area contributed by atoms with Crippen LogP contribution in [0.15, 0.2) is 6.08 Å². The van der Waals surface area contributed by atoms with Gasteiger partial charge >= 0.3 is 5.97 Å². The van der Waals surface area contributed by atoms with Gasteiger partial charge in [-0.05, 0) is 6.42 Å². The van der Waals surface area contributed by atoms with Crippen molar-refractivity contribution in [3.8, 4) is 5.88 Å². The van der Waals surface area contributed by atoms with E-state index in [1.807, 2.05) is 14.0 Å². The molecule has 0 bridgehead atoms. The van der Waals surface area contributed by atoms with Crippen LogP contribution in [0.4, 0.5) is 0 Å². The summed E-state index contributed by atoms with van der Waals surface area (Å²) in [5, 5.41) is 0. The van der Waals surface area contributed by atoms with Gasteiger partial charge in [-0.25, -0.2) is 0 Å². The standard InChI is InChI=1S/C20H33N5O4S/c1-4-5-6-7-11-28-19-18(23-30-24-19)15-9-8-10-25(3,13-15)14(2)29-20(27)16(21)12-17(22)26/h9,14,16H,4-8,10-13,21H2,1-3H3,(H-,22,26)/p+1/t14-,16+,25?/m1/s1. The van der Waals surface area contributed by atoms with Crippen LogP contribution in [0.3, 0.4) is 0 Å². The van der Waals surface area contributed by atoms with Crippen LogP contribution in [0, 0.1) is 0 Å². The van der Waals surface area contributed by atoms with E-state index in [0.29, 0.717) is 23.5 Å². The first-order valence-electron chi connectivity index (χ1n) is 10.5. The van der Waals surface area contributed by atoms with Gasteiger partial charge in [0.15, 0.2) is 0 Å². The summed E-state index contributed by atoms with van der Waals surface area (Å²) >= 11 is 1.14. The molecule has 1 aliphatic heterocycles. The number of rotatable bonds is 12. The van der Waals surface area contributed by atoms with Gasteiger partial charge in [0.25, 0.3) is 5.88 Å². The number of primary amides is 1. The zero-order valence-corrected chi connectivity index (χ0v) is 19.0. The van der Waals surface area contributed by atoms with Crippen molar-refractivity contribution < 1.29 is 23.5 Å². The molecule has 1 amide bonds. The Morgan fingerprint density at radius 3 is 2.77 bits per heavy atom. The van der Waals surface area contributed by atoms with Crippen LogP contribution in [0.25, 0.3) is 5.57 Å². The highest BCUT2D eigenvalue weighted by Crippen LogP contribution is 2.31. The van der Waals surface area contributed by atoms with E-state index in [1.54, 1.807) is 0 Å². The molecule has 0 spiro atoms. The average Bonchev–Trinajstić information content (AvgIpc) is 3.16. The fraction of sp³-hybridized carbons (Fsp3) is 0.700. The number of hydrogen-bond acceptors (Lipinski definition) is 8. The Morgan fingerprint density at radius 1 is 1.30 bits per heavy atom. The molecule has 30 heavy (non-hydrogen) atoms. The third-order valence-electron chi connectivity index (χ3n) is 5.45. The number of carbonyl (C=O) groups is 2. The second kappa shape index (κ2) is 11.4. The van der Waals surface area contributed by atoms with Gasteiger partial charge in [-0.2, -0.15) is 4.37 Å². The first-order chi connectivity index (χ1) is 14.3. The van der Waals surface area contributed by atoms with Crippen LogP contribution in [0.5, 0.6) is 5.88 Å². The Bertz CT molecular complexity index is 753. The van der Waals surface area contributed by atoms with Crippen molar-refractivity contribution in [1.29, 1.82) is 0 Å². The van der Waals surface area contributed by atoms with Crippen LogP contribution in [-0.4, -0.2) is 64.1 Å². The highest BCUT2D eigenvalue weighted by atomic mass is 32.1. The molecule has 168 valence electrons. The molecule has 0 aliphatic carbocycles. The predicted molar refractivity (Wildman–Crippen MR) is 115 cm³/mol. The molecule has 10 heteroatoms. The molecule has 1 aliphatic rings. The van der Waals surface area contributed by atoms with Gasteiger partial charge in [0.05, 0.1) is 38.3 Å². The molecule has 0 radical (unpaired) electrons. The summed E-state index contributed by atoms with van der Waals surface area (Å²) in [5.74, 6) is -0.679. The highest BCUT2D eigenvalue weighted by molar-refractivity contribution is 6.99. The minimum Gasteiger partial charge on any atom is -0.475 e. The molecular weight excluding hydrogens is 406 g/mol. The molecule has 1 unspecified atom stereocenters. The topological polar surface area (TPSA) is 130 Å².